The first-order valence-corrected chi connectivity index (χ1v) is 8.43. The highest BCUT2D eigenvalue weighted by molar-refractivity contribution is 5.83. The fourth-order valence-electron chi connectivity index (χ4n) is 2.86. The SMILES string of the molecule is Cc1ccc(F)c(CNC(=O)C2CCC(=O)N(CCN(C)C)C2)c1F. The molecule has 0 radical (unpaired) electrons. The summed E-state index contributed by atoms with van der Waals surface area (Å²) < 4.78 is 27.8. The van der Waals surface area contributed by atoms with Crippen LogP contribution in [0.15, 0.2) is 12.1 Å². The summed E-state index contributed by atoms with van der Waals surface area (Å²) in [5, 5.41) is 2.61. The van der Waals surface area contributed by atoms with Gasteiger partial charge in [-0.2, -0.15) is 0 Å². The molecule has 0 bridgehead atoms. The number of likely N-dealkylation sites (tertiary alicyclic amines) is 1. The van der Waals surface area contributed by atoms with Gasteiger partial charge in [0, 0.05) is 38.2 Å². The van der Waals surface area contributed by atoms with Crippen LogP contribution in [0.2, 0.25) is 0 Å². The van der Waals surface area contributed by atoms with Crippen molar-refractivity contribution in [3.8, 4) is 0 Å². The summed E-state index contributed by atoms with van der Waals surface area (Å²) in [7, 11) is 3.84. The van der Waals surface area contributed by atoms with E-state index in [0.29, 0.717) is 31.5 Å². The van der Waals surface area contributed by atoms with Crippen molar-refractivity contribution in [3.63, 3.8) is 0 Å². The average molecular weight is 353 g/mol. The highest BCUT2D eigenvalue weighted by Gasteiger charge is 2.30. The lowest BCUT2D eigenvalue weighted by Crippen LogP contribution is -2.47. The summed E-state index contributed by atoms with van der Waals surface area (Å²) in [4.78, 5) is 28.0. The summed E-state index contributed by atoms with van der Waals surface area (Å²) in [5.41, 5.74) is 0.202. The maximum Gasteiger partial charge on any atom is 0.225 e. The van der Waals surface area contributed by atoms with E-state index in [1.807, 2.05) is 19.0 Å². The maximum atomic E-state index is 14.0. The Morgan fingerprint density at radius 3 is 2.76 bits per heavy atom. The molecule has 1 N–H and O–H groups in total. The Balaban J connectivity index is 1.95. The second-order valence-corrected chi connectivity index (χ2v) is 6.75. The van der Waals surface area contributed by atoms with Crippen molar-refractivity contribution in [2.45, 2.75) is 26.3 Å². The number of hydrogen-bond acceptors (Lipinski definition) is 3. The molecule has 0 spiro atoms. The molecule has 0 aliphatic carbocycles. The van der Waals surface area contributed by atoms with Crippen LogP contribution in [0.4, 0.5) is 8.78 Å². The predicted octanol–water partition coefficient (Wildman–Crippen LogP) is 1.69. The van der Waals surface area contributed by atoms with Gasteiger partial charge in [-0.15, -0.1) is 0 Å². The summed E-state index contributed by atoms with van der Waals surface area (Å²) in [6, 6.07) is 2.56. The van der Waals surface area contributed by atoms with Gasteiger partial charge in [-0.05, 0) is 39.1 Å². The van der Waals surface area contributed by atoms with Crippen molar-refractivity contribution in [2.75, 3.05) is 33.7 Å². The highest BCUT2D eigenvalue weighted by Crippen LogP contribution is 2.19. The summed E-state index contributed by atoms with van der Waals surface area (Å²) in [6.07, 6.45) is 0.778. The van der Waals surface area contributed by atoms with Crippen LogP contribution in [-0.4, -0.2) is 55.3 Å². The maximum absolute atomic E-state index is 14.0. The third-order valence-corrected chi connectivity index (χ3v) is 4.51. The second kappa shape index (κ2) is 8.38. The Labute approximate surface area is 147 Å². The number of likely N-dealkylation sites (N-methyl/N-ethyl adjacent to an activating group) is 1. The number of nitrogens with one attached hydrogen (secondary N) is 1. The molecule has 0 saturated carbocycles. The number of aryl methyl sites for hydroxylation is 1. The number of halogens is 2. The molecule has 1 aliphatic rings. The fourth-order valence-corrected chi connectivity index (χ4v) is 2.86. The van der Waals surface area contributed by atoms with Crippen molar-refractivity contribution in [1.82, 2.24) is 15.1 Å². The molecule has 7 heteroatoms. The fraction of sp³-hybridized carbons (Fsp3) is 0.556. The third-order valence-electron chi connectivity index (χ3n) is 4.51. The molecule has 138 valence electrons. The van der Waals surface area contributed by atoms with E-state index in [-0.39, 0.29) is 29.8 Å². The number of nitrogens with zero attached hydrogens (tertiary/aromatic N) is 2. The zero-order valence-corrected chi connectivity index (χ0v) is 14.9. The van der Waals surface area contributed by atoms with Gasteiger partial charge in [0.1, 0.15) is 11.6 Å². The number of benzene rings is 1. The van der Waals surface area contributed by atoms with Gasteiger partial charge in [-0.3, -0.25) is 9.59 Å². The smallest absolute Gasteiger partial charge is 0.225 e. The van der Waals surface area contributed by atoms with Gasteiger partial charge >= 0.3 is 0 Å². The lowest BCUT2D eigenvalue weighted by atomic mass is 9.96. The van der Waals surface area contributed by atoms with Crippen LogP contribution < -0.4 is 5.32 Å². The number of carbonyl (C=O) groups is 2. The van der Waals surface area contributed by atoms with E-state index < -0.39 is 11.6 Å². The minimum atomic E-state index is -0.671. The van der Waals surface area contributed by atoms with Gasteiger partial charge in [-0.25, -0.2) is 8.78 Å². The molecular weight excluding hydrogens is 328 g/mol. The van der Waals surface area contributed by atoms with Crippen LogP contribution in [0.5, 0.6) is 0 Å². The van der Waals surface area contributed by atoms with Gasteiger partial charge in [-0.1, -0.05) is 6.07 Å². The molecule has 5 nitrogen and oxygen atoms in total. The average Bonchev–Trinajstić information content (AvgIpc) is 2.57. The lowest BCUT2D eigenvalue weighted by molar-refractivity contribution is -0.138. The summed E-state index contributed by atoms with van der Waals surface area (Å²) in [5.74, 6) is -1.89. The first kappa shape index (κ1) is 19.3. The van der Waals surface area contributed by atoms with Crippen molar-refractivity contribution >= 4 is 11.8 Å². The summed E-state index contributed by atoms with van der Waals surface area (Å²) in [6.45, 7) is 2.99. The standard InChI is InChI=1S/C18H25F2N3O2/c1-12-4-6-15(19)14(17(12)20)10-21-18(25)13-5-7-16(24)23(11-13)9-8-22(2)3/h4,6,13H,5,7-11H2,1-3H3,(H,21,25). The largest absolute Gasteiger partial charge is 0.352 e. The Bertz CT molecular complexity index is 649. The van der Waals surface area contributed by atoms with Crippen LogP contribution in [-0.2, 0) is 16.1 Å². The molecule has 1 heterocycles. The zero-order chi connectivity index (χ0) is 18.6. The number of carbonyl (C=O) groups excluding carboxylic acids is 2. The monoisotopic (exact) mass is 353 g/mol. The molecule has 1 unspecified atom stereocenters. The second-order valence-electron chi connectivity index (χ2n) is 6.75. The lowest BCUT2D eigenvalue weighted by Gasteiger charge is -2.32. The highest BCUT2D eigenvalue weighted by atomic mass is 19.1. The Hall–Kier alpha value is -2.02. The minimum Gasteiger partial charge on any atom is -0.352 e. The van der Waals surface area contributed by atoms with E-state index in [9.17, 15) is 18.4 Å². The topological polar surface area (TPSA) is 52.7 Å². The molecule has 1 aromatic rings. The first-order valence-electron chi connectivity index (χ1n) is 8.43. The predicted molar refractivity (Wildman–Crippen MR) is 90.8 cm³/mol. The van der Waals surface area contributed by atoms with Crippen molar-refractivity contribution in [1.29, 1.82) is 0 Å². The van der Waals surface area contributed by atoms with E-state index in [4.69, 9.17) is 0 Å². The van der Waals surface area contributed by atoms with Crippen molar-refractivity contribution in [3.05, 3.63) is 34.9 Å². The van der Waals surface area contributed by atoms with Gasteiger partial charge < -0.3 is 15.1 Å². The van der Waals surface area contributed by atoms with E-state index in [0.717, 1.165) is 6.54 Å². The van der Waals surface area contributed by atoms with Crippen LogP contribution >= 0.6 is 0 Å². The molecule has 0 aromatic heterocycles. The Kier molecular flexibility index (Phi) is 6.47. The number of amides is 2. The third kappa shape index (κ3) is 4.98. The number of hydrogen-bond donors (Lipinski definition) is 1. The molecule has 2 amide bonds. The molecule has 2 rings (SSSR count). The van der Waals surface area contributed by atoms with Crippen LogP contribution in [0.25, 0.3) is 0 Å². The first-order chi connectivity index (χ1) is 11.8. The van der Waals surface area contributed by atoms with E-state index in [1.54, 1.807) is 11.8 Å². The summed E-state index contributed by atoms with van der Waals surface area (Å²) >= 11 is 0. The molecule has 1 atom stereocenters. The van der Waals surface area contributed by atoms with Crippen molar-refractivity contribution < 1.29 is 18.4 Å². The molecule has 1 aromatic carbocycles. The quantitative estimate of drug-likeness (QED) is 0.847. The van der Waals surface area contributed by atoms with Crippen LogP contribution in [0.1, 0.15) is 24.0 Å². The molecule has 1 aliphatic heterocycles. The van der Waals surface area contributed by atoms with Crippen LogP contribution in [0, 0.1) is 24.5 Å². The van der Waals surface area contributed by atoms with E-state index >= 15 is 0 Å². The van der Waals surface area contributed by atoms with E-state index in [1.165, 1.54) is 12.1 Å². The van der Waals surface area contributed by atoms with Gasteiger partial charge in [0.15, 0.2) is 0 Å². The minimum absolute atomic E-state index is 0.0432. The van der Waals surface area contributed by atoms with Gasteiger partial charge in [0.2, 0.25) is 11.8 Å². The Morgan fingerprint density at radius 1 is 1.36 bits per heavy atom. The van der Waals surface area contributed by atoms with Crippen LogP contribution in [0.3, 0.4) is 0 Å². The number of rotatable bonds is 6. The molecule has 25 heavy (non-hydrogen) atoms. The zero-order valence-electron chi connectivity index (χ0n) is 14.9. The Morgan fingerprint density at radius 2 is 2.08 bits per heavy atom. The van der Waals surface area contributed by atoms with Gasteiger partial charge in [0.05, 0.1) is 5.92 Å². The molecular formula is C18H25F2N3O2. The van der Waals surface area contributed by atoms with E-state index in [2.05, 4.69) is 5.32 Å². The number of piperidine rings is 1. The van der Waals surface area contributed by atoms with Gasteiger partial charge in [0.25, 0.3) is 0 Å². The molecule has 1 fully saturated rings. The van der Waals surface area contributed by atoms with Crippen molar-refractivity contribution in [2.24, 2.45) is 5.92 Å². The molecule has 1 saturated heterocycles. The normalized spacial score (nSPS) is 17.9.